The predicted molar refractivity (Wildman–Crippen MR) is 61.7 cm³/mol. The Kier molecular flexibility index (Phi) is 4.92. The van der Waals surface area contributed by atoms with Crippen molar-refractivity contribution in [1.82, 2.24) is 10.3 Å². The van der Waals surface area contributed by atoms with E-state index in [-0.39, 0.29) is 5.91 Å². The molecule has 2 N–H and O–H groups in total. The van der Waals surface area contributed by atoms with Crippen molar-refractivity contribution >= 4 is 5.91 Å². The molecule has 0 radical (unpaired) electrons. The van der Waals surface area contributed by atoms with Crippen LogP contribution in [0.1, 0.15) is 31.0 Å². The second kappa shape index (κ2) is 6.23. The molecule has 1 rings (SSSR count). The monoisotopic (exact) mass is 222 g/mol. The van der Waals surface area contributed by atoms with Crippen molar-refractivity contribution in [3.05, 3.63) is 29.6 Å². The van der Waals surface area contributed by atoms with Crippen molar-refractivity contribution < 1.29 is 9.90 Å². The molecule has 0 aliphatic heterocycles. The SMILES string of the molecule is Cc1cccnc1CNC(=O)CCC(C)O. The molecule has 1 atom stereocenters. The van der Waals surface area contributed by atoms with Gasteiger partial charge in [0.25, 0.3) is 0 Å². The number of nitrogens with one attached hydrogen (secondary N) is 1. The molecule has 0 aliphatic carbocycles. The van der Waals surface area contributed by atoms with Gasteiger partial charge in [-0.05, 0) is 31.9 Å². The zero-order chi connectivity index (χ0) is 12.0. The van der Waals surface area contributed by atoms with Crippen LogP contribution in [-0.4, -0.2) is 22.1 Å². The molecule has 1 aromatic rings. The van der Waals surface area contributed by atoms with Crippen LogP contribution in [0.4, 0.5) is 0 Å². The Bertz CT molecular complexity index is 351. The van der Waals surface area contributed by atoms with E-state index in [1.807, 2.05) is 19.1 Å². The molecule has 0 bridgehead atoms. The summed E-state index contributed by atoms with van der Waals surface area (Å²) in [5.74, 6) is -0.0500. The Morgan fingerprint density at radius 2 is 2.38 bits per heavy atom. The molecule has 0 spiro atoms. The summed E-state index contributed by atoms with van der Waals surface area (Å²) in [6.07, 6.45) is 2.13. The van der Waals surface area contributed by atoms with Crippen LogP contribution in [0.15, 0.2) is 18.3 Å². The van der Waals surface area contributed by atoms with Crippen LogP contribution in [0, 0.1) is 6.92 Å². The molecule has 0 aliphatic rings. The Labute approximate surface area is 95.7 Å². The Morgan fingerprint density at radius 1 is 1.62 bits per heavy atom. The number of pyridine rings is 1. The molecule has 16 heavy (non-hydrogen) atoms. The predicted octanol–water partition coefficient (Wildman–Crippen LogP) is 1.17. The number of nitrogens with zero attached hydrogens (tertiary/aromatic N) is 1. The van der Waals surface area contributed by atoms with Crippen LogP contribution in [-0.2, 0) is 11.3 Å². The number of carbonyl (C=O) groups is 1. The molecule has 1 unspecified atom stereocenters. The van der Waals surface area contributed by atoms with Gasteiger partial charge in [0.05, 0.1) is 18.3 Å². The lowest BCUT2D eigenvalue weighted by molar-refractivity contribution is -0.121. The fourth-order valence-corrected chi connectivity index (χ4v) is 1.31. The molecule has 0 saturated heterocycles. The Morgan fingerprint density at radius 3 is 3.00 bits per heavy atom. The van der Waals surface area contributed by atoms with E-state index >= 15 is 0 Å². The number of hydrogen-bond donors (Lipinski definition) is 2. The minimum absolute atomic E-state index is 0.0500. The van der Waals surface area contributed by atoms with Crippen molar-refractivity contribution in [3.8, 4) is 0 Å². The molecule has 4 nitrogen and oxygen atoms in total. The van der Waals surface area contributed by atoms with Crippen LogP contribution < -0.4 is 5.32 Å². The maximum Gasteiger partial charge on any atom is 0.220 e. The largest absolute Gasteiger partial charge is 0.393 e. The first-order valence-electron chi connectivity index (χ1n) is 5.45. The highest BCUT2D eigenvalue weighted by molar-refractivity contribution is 5.75. The minimum Gasteiger partial charge on any atom is -0.393 e. The molecular weight excluding hydrogens is 204 g/mol. The fraction of sp³-hybridized carbons (Fsp3) is 0.500. The van der Waals surface area contributed by atoms with Gasteiger partial charge in [-0.25, -0.2) is 0 Å². The Hall–Kier alpha value is -1.42. The van der Waals surface area contributed by atoms with Crippen molar-refractivity contribution in [2.45, 2.75) is 39.3 Å². The van der Waals surface area contributed by atoms with Gasteiger partial charge in [0.2, 0.25) is 5.91 Å². The molecule has 1 amide bonds. The number of aromatic nitrogens is 1. The molecule has 88 valence electrons. The summed E-state index contributed by atoms with van der Waals surface area (Å²) in [5.41, 5.74) is 1.95. The fourth-order valence-electron chi connectivity index (χ4n) is 1.31. The first kappa shape index (κ1) is 12.6. The van der Waals surface area contributed by atoms with E-state index in [2.05, 4.69) is 10.3 Å². The van der Waals surface area contributed by atoms with Crippen LogP contribution in [0.25, 0.3) is 0 Å². The number of amides is 1. The van der Waals surface area contributed by atoms with E-state index in [4.69, 9.17) is 5.11 Å². The first-order valence-corrected chi connectivity index (χ1v) is 5.45. The van der Waals surface area contributed by atoms with Gasteiger partial charge < -0.3 is 10.4 Å². The van der Waals surface area contributed by atoms with Crippen LogP contribution in [0.2, 0.25) is 0 Å². The molecule has 4 heteroatoms. The third-order valence-corrected chi connectivity index (χ3v) is 2.36. The quantitative estimate of drug-likeness (QED) is 0.786. The maximum absolute atomic E-state index is 11.4. The van der Waals surface area contributed by atoms with Gasteiger partial charge in [0.15, 0.2) is 0 Å². The Balaban J connectivity index is 2.35. The van der Waals surface area contributed by atoms with Gasteiger partial charge in [-0.1, -0.05) is 6.07 Å². The van der Waals surface area contributed by atoms with Gasteiger partial charge >= 0.3 is 0 Å². The molecule has 0 aromatic carbocycles. The highest BCUT2D eigenvalue weighted by Crippen LogP contribution is 2.02. The summed E-state index contributed by atoms with van der Waals surface area (Å²) >= 11 is 0. The van der Waals surface area contributed by atoms with Crippen LogP contribution in [0.3, 0.4) is 0 Å². The molecule has 0 saturated carbocycles. The lowest BCUT2D eigenvalue weighted by Crippen LogP contribution is -2.24. The summed E-state index contributed by atoms with van der Waals surface area (Å²) in [5, 5.41) is 11.8. The third kappa shape index (κ3) is 4.40. The van der Waals surface area contributed by atoms with Crippen molar-refractivity contribution in [3.63, 3.8) is 0 Å². The summed E-state index contributed by atoms with van der Waals surface area (Å²) in [7, 11) is 0. The van der Waals surface area contributed by atoms with E-state index in [1.165, 1.54) is 0 Å². The highest BCUT2D eigenvalue weighted by atomic mass is 16.3. The van der Waals surface area contributed by atoms with Crippen molar-refractivity contribution in [2.75, 3.05) is 0 Å². The smallest absolute Gasteiger partial charge is 0.220 e. The molecular formula is C12H18N2O2. The van der Waals surface area contributed by atoms with Gasteiger partial charge in [-0.15, -0.1) is 0 Å². The number of aryl methyl sites for hydroxylation is 1. The second-order valence-electron chi connectivity index (χ2n) is 3.93. The van der Waals surface area contributed by atoms with E-state index < -0.39 is 6.10 Å². The topological polar surface area (TPSA) is 62.2 Å². The maximum atomic E-state index is 11.4. The summed E-state index contributed by atoms with van der Waals surface area (Å²) < 4.78 is 0. The van der Waals surface area contributed by atoms with E-state index in [0.717, 1.165) is 11.3 Å². The van der Waals surface area contributed by atoms with E-state index in [0.29, 0.717) is 19.4 Å². The summed E-state index contributed by atoms with van der Waals surface area (Å²) in [6.45, 7) is 4.09. The van der Waals surface area contributed by atoms with Gasteiger partial charge in [-0.3, -0.25) is 9.78 Å². The normalized spacial score (nSPS) is 12.2. The average molecular weight is 222 g/mol. The van der Waals surface area contributed by atoms with Gasteiger partial charge in [0, 0.05) is 12.6 Å². The number of rotatable bonds is 5. The van der Waals surface area contributed by atoms with E-state index in [1.54, 1.807) is 13.1 Å². The van der Waals surface area contributed by atoms with Crippen LogP contribution >= 0.6 is 0 Å². The summed E-state index contributed by atoms with van der Waals surface area (Å²) in [4.78, 5) is 15.6. The zero-order valence-electron chi connectivity index (χ0n) is 9.73. The molecule has 0 fully saturated rings. The minimum atomic E-state index is -0.428. The lowest BCUT2D eigenvalue weighted by Gasteiger charge is -2.07. The highest BCUT2D eigenvalue weighted by Gasteiger charge is 2.05. The number of hydrogen-bond acceptors (Lipinski definition) is 3. The zero-order valence-corrected chi connectivity index (χ0v) is 9.73. The summed E-state index contributed by atoms with van der Waals surface area (Å²) in [6, 6.07) is 3.83. The van der Waals surface area contributed by atoms with Gasteiger partial charge in [-0.2, -0.15) is 0 Å². The van der Waals surface area contributed by atoms with Crippen molar-refractivity contribution in [2.24, 2.45) is 0 Å². The number of aliphatic hydroxyl groups excluding tert-OH is 1. The number of aliphatic hydroxyl groups is 1. The average Bonchev–Trinajstić information content (AvgIpc) is 2.25. The van der Waals surface area contributed by atoms with Crippen LogP contribution in [0.5, 0.6) is 0 Å². The lowest BCUT2D eigenvalue weighted by atomic mass is 10.2. The van der Waals surface area contributed by atoms with Crippen molar-refractivity contribution in [1.29, 1.82) is 0 Å². The number of carbonyl (C=O) groups excluding carboxylic acids is 1. The molecule has 1 heterocycles. The standard InChI is InChI=1S/C12H18N2O2/c1-9-4-3-7-13-11(9)8-14-12(16)6-5-10(2)15/h3-4,7,10,15H,5-6,8H2,1-2H3,(H,14,16). The molecule has 1 aromatic heterocycles. The van der Waals surface area contributed by atoms with Gasteiger partial charge in [0.1, 0.15) is 0 Å². The second-order valence-corrected chi connectivity index (χ2v) is 3.93. The van der Waals surface area contributed by atoms with E-state index in [9.17, 15) is 4.79 Å². The third-order valence-electron chi connectivity index (χ3n) is 2.36. The first-order chi connectivity index (χ1) is 7.59.